The van der Waals surface area contributed by atoms with Crippen LogP contribution in [0.5, 0.6) is 5.75 Å². The molecule has 4 nitrogen and oxygen atoms in total. The van der Waals surface area contributed by atoms with Crippen molar-refractivity contribution < 1.29 is 18.3 Å². The molecule has 0 aliphatic rings. The number of hydrogen-bond acceptors (Lipinski definition) is 4. The number of carbonyl (C=O) groups is 1. The van der Waals surface area contributed by atoms with E-state index in [1.807, 2.05) is 30.3 Å². The smallest absolute Gasteiger partial charge is 0.271 e. The van der Waals surface area contributed by atoms with Crippen LogP contribution in [0.15, 0.2) is 78.2 Å². The van der Waals surface area contributed by atoms with Crippen molar-refractivity contribution in [2.45, 2.75) is 13.2 Å². The van der Waals surface area contributed by atoms with Gasteiger partial charge in [-0.2, -0.15) is 0 Å². The molecule has 0 aliphatic heterocycles. The van der Waals surface area contributed by atoms with Crippen LogP contribution in [0.3, 0.4) is 0 Å². The van der Waals surface area contributed by atoms with E-state index < -0.39 is 5.82 Å². The molecule has 7 heteroatoms. The fourth-order valence-electron chi connectivity index (χ4n) is 2.88. The van der Waals surface area contributed by atoms with Gasteiger partial charge < -0.3 is 10.1 Å². The van der Waals surface area contributed by atoms with Gasteiger partial charge in [-0.3, -0.25) is 4.79 Å². The lowest BCUT2D eigenvalue weighted by Gasteiger charge is -2.08. The minimum atomic E-state index is -0.498. The Bertz CT molecular complexity index is 1180. The largest absolute Gasteiger partial charge is 0.489 e. The highest BCUT2D eigenvalue weighted by Crippen LogP contribution is 2.29. The lowest BCUT2D eigenvalue weighted by atomic mass is 10.2. The molecule has 0 saturated heterocycles. The first-order valence-electron chi connectivity index (χ1n) is 9.53. The Morgan fingerprint density at radius 1 is 0.968 bits per heavy atom. The number of benzene rings is 3. The number of thiazole rings is 1. The van der Waals surface area contributed by atoms with Crippen LogP contribution in [-0.4, -0.2) is 10.9 Å². The summed E-state index contributed by atoms with van der Waals surface area (Å²) in [5, 5.41) is 4.82. The highest BCUT2D eigenvalue weighted by atomic mass is 32.1. The van der Waals surface area contributed by atoms with Gasteiger partial charge in [-0.15, -0.1) is 11.3 Å². The van der Waals surface area contributed by atoms with Crippen molar-refractivity contribution in [3.8, 4) is 16.3 Å². The number of ether oxygens (including phenoxy) is 1. The van der Waals surface area contributed by atoms with Crippen LogP contribution in [0.2, 0.25) is 0 Å². The summed E-state index contributed by atoms with van der Waals surface area (Å²) in [5.41, 5.74) is 2.29. The predicted octanol–water partition coefficient (Wildman–Crippen LogP) is 5.60. The van der Waals surface area contributed by atoms with E-state index >= 15 is 0 Å². The first-order valence-corrected chi connectivity index (χ1v) is 10.4. The van der Waals surface area contributed by atoms with Crippen LogP contribution < -0.4 is 10.1 Å². The van der Waals surface area contributed by atoms with Gasteiger partial charge in [0.05, 0.1) is 0 Å². The zero-order valence-corrected chi connectivity index (χ0v) is 17.2. The molecule has 4 aromatic rings. The fourth-order valence-corrected chi connectivity index (χ4v) is 3.70. The maximum absolute atomic E-state index is 14.6. The second kappa shape index (κ2) is 9.49. The number of aromatic nitrogens is 1. The molecule has 1 amide bonds. The van der Waals surface area contributed by atoms with Gasteiger partial charge in [0.1, 0.15) is 34.7 Å². The van der Waals surface area contributed by atoms with Crippen LogP contribution in [0.4, 0.5) is 8.78 Å². The van der Waals surface area contributed by atoms with Gasteiger partial charge in [-0.25, -0.2) is 13.8 Å². The van der Waals surface area contributed by atoms with E-state index in [0.29, 0.717) is 22.9 Å². The first kappa shape index (κ1) is 20.7. The first-order chi connectivity index (χ1) is 15.1. The number of amides is 1. The van der Waals surface area contributed by atoms with E-state index in [1.165, 1.54) is 29.5 Å². The van der Waals surface area contributed by atoms with Crippen LogP contribution in [0.25, 0.3) is 10.6 Å². The van der Waals surface area contributed by atoms with E-state index in [9.17, 15) is 13.6 Å². The molecule has 31 heavy (non-hydrogen) atoms. The molecule has 0 radical (unpaired) electrons. The Kier molecular flexibility index (Phi) is 6.33. The van der Waals surface area contributed by atoms with E-state index in [2.05, 4.69) is 10.3 Å². The summed E-state index contributed by atoms with van der Waals surface area (Å²) in [7, 11) is 0. The fraction of sp³-hybridized carbons (Fsp3) is 0.0833. The van der Waals surface area contributed by atoms with E-state index in [0.717, 1.165) is 11.1 Å². The van der Waals surface area contributed by atoms with Crippen molar-refractivity contribution in [3.63, 3.8) is 0 Å². The molecule has 1 aromatic heterocycles. The van der Waals surface area contributed by atoms with Crippen molar-refractivity contribution in [3.05, 3.63) is 107 Å². The number of halogens is 2. The third kappa shape index (κ3) is 5.32. The molecule has 4 rings (SSSR count). The molecule has 0 saturated carbocycles. The zero-order valence-electron chi connectivity index (χ0n) is 16.3. The monoisotopic (exact) mass is 436 g/mol. The number of hydrogen-bond donors (Lipinski definition) is 1. The second-order valence-electron chi connectivity index (χ2n) is 6.76. The molecule has 0 spiro atoms. The molecular weight excluding hydrogens is 418 g/mol. The van der Waals surface area contributed by atoms with Gasteiger partial charge in [0.15, 0.2) is 0 Å². The van der Waals surface area contributed by atoms with Crippen LogP contribution >= 0.6 is 11.3 Å². The lowest BCUT2D eigenvalue weighted by molar-refractivity contribution is 0.0946. The van der Waals surface area contributed by atoms with Crippen molar-refractivity contribution in [2.24, 2.45) is 0 Å². The highest BCUT2D eigenvalue weighted by Gasteiger charge is 2.15. The second-order valence-corrected chi connectivity index (χ2v) is 7.62. The van der Waals surface area contributed by atoms with Gasteiger partial charge in [0.2, 0.25) is 0 Å². The topological polar surface area (TPSA) is 51.2 Å². The molecule has 156 valence electrons. The standard InChI is InChI=1S/C24H18F2N2O2S/c25-18-8-6-17(7-9-18)14-30-19-10-11-20(21(26)12-19)24-28-22(15-31-24)23(29)27-13-16-4-2-1-3-5-16/h1-12,15H,13-14H2,(H,27,29). The van der Waals surface area contributed by atoms with Crippen molar-refractivity contribution in [1.29, 1.82) is 0 Å². The predicted molar refractivity (Wildman–Crippen MR) is 116 cm³/mol. The SMILES string of the molecule is O=C(NCc1ccccc1)c1csc(-c2ccc(OCc3ccc(F)cc3)cc2F)n1. The van der Waals surface area contributed by atoms with Crippen LogP contribution in [-0.2, 0) is 13.2 Å². The normalized spacial score (nSPS) is 10.6. The average molecular weight is 436 g/mol. The molecule has 0 unspecified atom stereocenters. The Labute approximate surface area is 182 Å². The lowest BCUT2D eigenvalue weighted by Crippen LogP contribution is -2.23. The molecule has 0 fully saturated rings. The van der Waals surface area contributed by atoms with Gasteiger partial charge in [-0.05, 0) is 35.4 Å². The Morgan fingerprint density at radius 3 is 2.48 bits per heavy atom. The molecule has 3 aromatic carbocycles. The van der Waals surface area contributed by atoms with Crippen LogP contribution in [0, 0.1) is 11.6 Å². The summed E-state index contributed by atoms with van der Waals surface area (Å²) >= 11 is 1.20. The van der Waals surface area contributed by atoms with Crippen molar-refractivity contribution >= 4 is 17.2 Å². The summed E-state index contributed by atoms with van der Waals surface area (Å²) in [5.74, 6) is -0.785. The van der Waals surface area contributed by atoms with Crippen LogP contribution in [0.1, 0.15) is 21.6 Å². The third-order valence-corrected chi connectivity index (χ3v) is 5.40. The van der Waals surface area contributed by atoms with Gasteiger partial charge >= 0.3 is 0 Å². The van der Waals surface area contributed by atoms with E-state index in [4.69, 9.17) is 4.74 Å². The van der Waals surface area contributed by atoms with Gasteiger partial charge in [0, 0.05) is 23.6 Å². The molecule has 0 bridgehead atoms. The van der Waals surface area contributed by atoms with Crippen molar-refractivity contribution in [1.82, 2.24) is 10.3 Å². The number of carbonyl (C=O) groups excluding carboxylic acids is 1. The number of nitrogens with one attached hydrogen (secondary N) is 1. The minimum Gasteiger partial charge on any atom is -0.489 e. The molecule has 1 heterocycles. The number of nitrogens with zero attached hydrogens (tertiary/aromatic N) is 1. The van der Waals surface area contributed by atoms with Crippen molar-refractivity contribution in [2.75, 3.05) is 0 Å². The summed E-state index contributed by atoms with van der Waals surface area (Å²) in [6.07, 6.45) is 0. The third-order valence-electron chi connectivity index (χ3n) is 4.52. The molecule has 1 N–H and O–H groups in total. The highest BCUT2D eigenvalue weighted by molar-refractivity contribution is 7.13. The molecule has 0 atom stereocenters. The summed E-state index contributed by atoms with van der Waals surface area (Å²) in [6, 6.07) is 19.9. The Hall–Kier alpha value is -3.58. The quantitative estimate of drug-likeness (QED) is 0.410. The average Bonchev–Trinajstić information content (AvgIpc) is 3.28. The Balaban J connectivity index is 1.39. The number of rotatable bonds is 7. The maximum atomic E-state index is 14.6. The maximum Gasteiger partial charge on any atom is 0.271 e. The zero-order chi connectivity index (χ0) is 21.6. The Morgan fingerprint density at radius 2 is 1.74 bits per heavy atom. The summed E-state index contributed by atoms with van der Waals surface area (Å²) < 4.78 is 33.2. The molecular formula is C24H18F2N2O2S. The van der Waals surface area contributed by atoms with E-state index in [1.54, 1.807) is 29.6 Å². The molecule has 0 aliphatic carbocycles. The summed E-state index contributed by atoms with van der Waals surface area (Å²) in [6.45, 7) is 0.586. The van der Waals surface area contributed by atoms with Gasteiger partial charge in [0.25, 0.3) is 5.91 Å². The summed E-state index contributed by atoms with van der Waals surface area (Å²) in [4.78, 5) is 16.6. The van der Waals surface area contributed by atoms with E-state index in [-0.39, 0.29) is 24.0 Å². The minimum absolute atomic E-state index is 0.196. The van der Waals surface area contributed by atoms with Gasteiger partial charge in [-0.1, -0.05) is 42.5 Å².